The average Bonchev–Trinajstić information content (AvgIpc) is 2.87. The highest BCUT2D eigenvalue weighted by Gasteiger charge is 2.14. The Labute approximate surface area is 119 Å². The van der Waals surface area contributed by atoms with Gasteiger partial charge in [0.15, 0.2) is 0 Å². The zero-order valence-corrected chi connectivity index (χ0v) is 11.7. The molecule has 2 rings (SSSR count). The number of halogens is 1. The van der Waals surface area contributed by atoms with E-state index in [0.717, 1.165) is 10.9 Å². The van der Waals surface area contributed by atoms with E-state index in [9.17, 15) is 14.0 Å². The summed E-state index contributed by atoms with van der Waals surface area (Å²) in [4.78, 5) is 24.9. The zero-order chi connectivity index (χ0) is 14.7. The van der Waals surface area contributed by atoms with Crippen molar-refractivity contribution in [2.45, 2.75) is 6.92 Å². The molecule has 0 atom stereocenters. The van der Waals surface area contributed by atoms with Gasteiger partial charge in [-0.05, 0) is 37.3 Å². The number of thiophene rings is 1. The van der Waals surface area contributed by atoms with E-state index in [-0.39, 0.29) is 11.5 Å². The third-order valence-corrected chi connectivity index (χ3v) is 3.59. The maximum absolute atomic E-state index is 13.5. The molecule has 20 heavy (non-hydrogen) atoms. The van der Waals surface area contributed by atoms with Crippen LogP contribution in [0.3, 0.4) is 0 Å². The maximum atomic E-state index is 13.5. The van der Waals surface area contributed by atoms with E-state index in [1.165, 1.54) is 30.6 Å². The highest BCUT2D eigenvalue weighted by atomic mass is 32.1. The number of carbonyl (C=O) groups is 2. The Balaban J connectivity index is 2.22. The molecule has 0 aliphatic carbocycles. The second-order valence-corrected chi connectivity index (χ2v) is 5.34. The molecule has 0 fully saturated rings. The maximum Gasteiger partial charge on any atom is 0.340 e. The number of esters is 1. The summed E-state index contributed by atoms with van der Waals surface area (Å²) < 4.78 is 17.9. The van der Waals surface area contributed by atoms with Crippen LogP contribution in [0.2, 0.25) is 0 Å². The van der Waals surface area contributed by atoms with Crippen LogP contribution in [0.5, 0.6) is 0 Å². The number of methoxy groups -OCH3 is 1. The van der Waals surface area contributed by atoms with Gasteiger partial charge in [-0.2, -0.15) is 0 Å². The van der Waals surface area contributed by atoms with Crippen LogP contribution < -0.4 is 5.32 Å². The lowest BCUT2D eigenvalue weighted by atomic mass is 10.2. The molecular weight excluding hydrogens is 281 g/mol. The first kappa shape index (κ1) is 14.2. The Bertz CT molecular complexity index is 666. The third-order valence-electron chi connectivity index (χ3n) is 2.59. The number of hydrogen-bond donors (Lipinski definition) is 1. The largest absolute Gasteiger partial charge is 0.465 e. The van der Waals surface area contributed by atoms with Crippen LogP contribution in [0.25, 0.3) is 0 Å². The van der Waals surface area contributed by atoms with Gasteiger partial charge in [-0.25, -0.2) is 9.18 Å². The fourth-order valence-corrected chi connectivity index (χ4v) is 2.38. The molecule has 0 saturated carbocycles. The van der Waals surface area contributed by atoms with Gasteiger partial charge in [0, 0.05) is 10.6 Å². The van der Waals surface area contributed by atoms with Crippen molar-refractivity contribution in [2.24, 2.45) is 0 Å². The summed E-state index contributed by atoms with van der Waals surface area (Å²) in [6.45, 7) is 1.90. The Morgan fingerprint density at radius 2 is 2.00 bits per heavy atom. The van der Waals surface area contributed by atoms with E-state index in [1.54, 1.807) is 6.07 Å². The minimum Gasteiger partial charge on any atom is -0.465 e. The van der Waals surface area contributed by atoms with Gasteiger partial charge in [0.05, 0.1) is 17.6 Å². The standard InChI is InChI=1S/C14H12FNO3S/c1-8-3-6-12(20-8)13(17)16-9-4-5-11(15)10(7-9)14(18)19-2/h3-7H,1-2H3,(H,16,17). The molecule has 104 valence electrons. The van der Waals surface area contributed by atoms with Crippen molar-refractivity contribution in [3.05, 3.63) is 51.5 Å². The van der Waals surface area contributed by atoms with E-state index in [0.29, 0.717) is 10.6 Å². The molecule has 1 N–H and O–H groups in total. The van der Waals surface area contributed by atoms with Gasteiger partial charge in [0.25, 0.3) is 5.91 Å². The van der Waals surface area contributed by atoms with E-state index in [1.807, 2.05) is 13.0 Å². The molecule has 1 amide bonds. The topological polar surface area (TPSA) is 55.4 Å². The molecule has 0 radical (unpaired) electrons. The highest BCUT2D eigenvalue weighted by molar-refractivity contribution is 7.14. The van der Waals surface area contributed by atoms with Crippen molar-refractivity contribution in [3.8, 4) is 0 Å². The van der Waals surface area contributed by atoms with Crippen molar-refractivity contribution < 1.29 is 18.7 Å². The average molecular weight is 293 g/mol. The second kappa shape index (κ2) is 5.83. The molecule has 1 aromatic heterocycles. The molecular formula is C14H12FNO3S. The molecule has 0 aliphatic heterocycles. The molecule has 1 aromatic carbocycles. The minimum atomic E-state index is -0.787. The highest BCUT2D eigenvalue weighted by Crippen LogP contribution is 2.19. The quantitative estimate of drug-likeness (QED) is 0.884. The van der Waals surface area contributed by atoms with Crippen molar-refractivity contribution in [1.29, 1.82) is 0 Å². The predicted molar refractivity (Wildman–Crippen MR) is 74.7 cm³/mol. The zero-order valence-electron chi connectivity index (χ0n) is 10.9. The Morgan fingerprint density at radius 3 is 2.60 bits per heavy atom. The number of amides is 1. The summed E-state index contributed by atoms with van der Waals surface area (Å²) in [6.07, 6.45) is 0. The lowest BCUT2D eigenvalue weighted by Gasteiger charge is -2.06. The number of nitrogens with one attached hydrogen (secondary N) is 1. The fraction of sp³-hybridized carbons (Fsp3) is 0.143. The van der Waals surface area contributed by atoms with Crippen LogP contribution in [0.15, 0.2) is 30.3 Å². The van der Waals surface area contributed by atoms with Crippen LogP contribution in [-0.4, -0.2) is 19.0 Å². The summed E-state index contributed by atoms with van der Waals surface area (Å²) in [5, 5.41) is 2.62. The van der Waals surface area contributed by atoms with Crippen molar-refractivity contribution >= 4 is 28.9 Å². The summed E-state index contributed by atoms with van der Waals surface area (Å²) in [5.74, 6) is -1.78. The van der Waals surface area contributed by atoms with Gasteiger partial charge >= 0.3 is 5.97 Å². The summed E-state index contributed by atoms with van der Waals surface area (Å²) >= 11 is 1.36. The normalized spacial score (nSPS) is 10.2. The summed E-state index contributed by atoms with van der Waals surface area (Å²) in [5.41, 5.74) is 0.121. The third kappa shape index (κ3) is 3.03. The Hall–Kier alpha value is -2.21. The second-order valence-electron chi connectivity index (χ2n) is 4.05. The van der Waals surface area contributed by atoms with Gasteiger partial charge in [0.2, 0.25) is 0 Å². The SMILES string of the molecule is COC(=O)c1cc(NC(=O)c2ccc(C)s2)ccc1F. The number of hydrogen-bond acceptors (Lipinski definition) is 4. The van der Waals surface area contributed by atoms with E-state index in [2.05, 4.69) is 10.1 Å². The lowest BCUT2D eigenvalue weighted by molar-refractivity contribution is 0.0595. The number of rotatable bonds is 3. The predicted octanol–water partition coefficient (Wildman–Crippen LogP) is 3.23. The van der Waals surface area contributed by atoms with Crippen LogP contribution in [0.1, 0.15) is 24.9 Å². The number of carbonyl (C=O) groups excluding carboxylic acids is 2. The van der Waals surface area contributed by atoms with Gasteiger partial charge in [0.1, 0.15) is 5.82 Å². The lowest BCUT2D eigenvalue weighted by Crippen LogP contribution is -2.12. The van der Waals surface area contributed by atoms with Gasteiger partial charge in [-0.1, -0.05) is 0 Å². The molecule has 6 heteroatoms. The van der Waals surface area contributed by atoms with Gasteiger partial charge in [-0.3, -0.25) is 4.79 Å². The number of benzene rings is 1. The van der Waals surface area contributed by atoms with Gasteiger partial charge < -0.3 is 10.1 Å². The fourth-order valence-electron chi connectivity index (χ4n) is 1.62. The van der Waals surface area contributed by atoms with Crippen LogP contribution in [-0.2, 0) is 4.74 Å². The molecule has 4 nitrogen and oxygen atoms in total. The first-order chi connectivity index (χ1) is 9.51. The number of anilines is 1. The van der Waals surface area contributed by atoms with Gasteiger partial charge in [-0.15, -0.1) is 11.3 Å². The first-order valence-electron chi connectivity index (χ1n) is 5.77. The molecule has 1 heterocycles. The van der Waals surface area contributed by atoms with Crippen LogP contribution >= 0.6 is 11.3 Å². The summed E-state index contributed by atoms with van der Waals surface area (Å²) in [6, 6.07) is 7.30. The van der Waals surface area contributed by atoms with Crippen LogP contribution in [0, 0.1) is 12.7 Å². The molecule has 0 saturated heterocycles. The molecule has 0 spiro atoms. The Kier molecular flexibility index (Phi) is 4.14. The monoisotopic (exact) mass is 293 g/mol. The minimum absolute atomic E-state index is 0.215. The number of aryl methyl sites for hydroxylation is 1. The summed E-state index contributed by atoms with van der Waals surface area (Å²) in [7, 11) is 1.17. The van der Waals surface area contributed by atoms with Crippen LogP contribution in [0.4, 0.5) is 10.1 Å². The van der Waals surface area contributed by atoms with E-state index < -0.39 is 11.8 Å². The molecule has 2 aromatic rings. The Morgan fingerprint density at radius 1 is 1.25 bits per heavy atom. The van der Waals surface area contributed by atoms with Crippen molar-refractivity contribution in [3.63, 3.8) is 0 Å². The number of ether oxygens (including phenoxy) is 1. The van der Waals surface area contributed by atoms with Crippen molar-refractivity contribution in [1.82, 2.24) is 0 Å². The smallest absolute Gasteiger partial charge is 0.340 e. The molecule has 0 bridgehead atoms. The van der Waals surface area contributed by atoms with E-state index in [4.69, 9.17) is 0 Å². The van der Waals surface area contributed by atoms with E-state index >= 15 is 0 Å². The molecule has 0 aliphatic rings. The first-order valence-corrected chi connectivity index (χ1v) is 6.58. The molecule has 0 unspecified atom stereocenters. The van der Waals surface area contributed by atoms with Crippen molar-refractivity contribution in [2.75, 3.05) is 12.4 Å².